The van der Waals surface area contributed by atoms with Crippen molar-refractivity contribution in [3.8, 4) is 0 Å². The summed E-state index contributed by atoms with van der Waals surface area (Å²) in [4.78, 5) is 10.5. The van der Waals surface area contributed by atoms with Crippen LogP contribution in [-0.2, 0) is 4.79 Å². The van der Waals surface area contributed by atoms with Crippen LogP contribution in [0.4, 0.5) is 0 Å². The van der Waals surface area contributed by atoms with E-state index in [2.05, 4.69) is 0 Å². The summed E-state index contributed by atoms with van der Waals surface area (Å²) in [5, 5.41) is 0.246. The van der Waals surface area contributed by atoms with Crippen LogP contribution < -0.4 is 5.73 Å². The van der Waals surface area contributed by atoms with E-state index in [-0.39, 0.29) is 11.3 Å². The predicted octanol–water partition coefficient (Wildman–Crippen LogP) is 1.59. The van der Waals surface area contributed by atoms with Crippen molar-refractivity contribution in [1.29, 1.82) is 0 Å². The Morgan fingerprint density at radius 2 is 1.80 bits per heavy atom. The lowest BCUT2D eigenvalue weighted by Crippen LogP contribution is -2.22. The molecule has 0 heterocycles. The van der Waals surface area contributed by atoms with Crippen molar-refractivity contribution in [2.24, 2.45) is 5.92 Å². The molecule has 0 unspecified atom stereocenters. The van der Waals surface area contributed by atoms with Crippen LogP contribution in [0, 0.1) is 5.92 Å². The van der Waals surface area contributed by atoms with Crippen molar-refractivity contribution in [1.82, 2.24) is 5.73 Å². The Bertz CT molecular complexity index is 130. The highest BCUT2D eigenvalue weighted by molar-refractivity contribution is 6.20. The third-order valence-corrected chi connectivity index (χ3v) is 2.46. The van der Waals surface area contributed by atoms with Crippen LogP contribution in [-0.4, -0.2) is 11.3 Å². The number of hydrogen-bond acceptors (Lipinski definition) is 1. The molecule has 1 aliphatic carbocycles. The SMILES string of the molecule is [NH]C(=O)C1CCC(Cl)CC1. The standard InChI is InChI=1S/C7H11ClNO/c8-6-3-1-5(2-4-6)7(9)10/h5-6,9H,1-4H2. The Morgan fingerprint density at radius 1 is 1.30 bits per heavy atom. The minimum absolute atomic E-state index is 0.0185. The first-order chi connectivity index (χ1) is 4.70. The molecule has 0 bridgehead atoms. The topological polar surface area (TPSA) is 40.9 Å². The molecule has 1 saturated carbocycles. The lowest BCUT2D eigenvalue weighted by atomic mass is 9.89. The zero-order chi connectivity index (χ0) is 7.56. The number of rotatable bonds is 1. The van der Waals surface area contributed by atoms with Crippen molar-refractivity contribution in [2.75, 3.05) is 0 Å². The van der Waals surface area contributed by atoms with E-state index >= 15 is 0 Å². The number of hydrogen-bond donors (Lipinski definition) is 0. The second-order valence-corrected chi connectivity index (χ2v) is 3.43. The van der Waals surface area contributed by atoms with Gasteiger partial charge in [-0.15, -0.1) is 11.6 Å². The molecule has 1 amide bonds. The quantitative estimate of drug-likeness (QED) is 0.537. The zero-order valence-electron chi connectivity index (χ0n) is 5.77. The number of amides is 1. The van der Waals surface area contributed by atoms with Gasteiger partial charge in [0, 0.05) is 11.3 Å². The molecule has 0 atom stereocenters. The van der Waals surface area contributed by atoms with E-state index < -0.39 is 5.91 Å². The number of carbonyl (C=O) groups excluding carboxylic acids is 1. The first-order valence-electron chi connectivity index (χ1n) is 3.59. The smallest absolute Gasteiger partial charge is 0.241 e. The maximum atomic E-state index is 10.5. The fraction of sp³-hybridized carbons (Fsp3) is 0.857. The number of nitrogens with one attached hydrogen (secondary N) is 1. The van der Waals surface area contributed by atoms with Gasteiger partial charge in [-0.3, -0.25) is 10.5 Å². The van der Waals surface area contributed by atoms with Crippen molar-refractivity contribution in [2.45, 2.75) is 31.1 Å². The van der Waals surface area contributed by atoms with Crippen LogP contribution in [0.15, 0.2) is 0 Å². The van der Waals surface area contributed by atoms with E-state index in [1.807, 2.05) is 0 Å². The molecular weight excluding hydrogens is 150 g/mol. The van der Waals surface area contributed by atoms with E-state index in [0.717, 1.165) is 25.7 Å². The zero-order valence-corrected chi connectivity index (χ0v) is 6.53. The van der Waals surface area contributed by atoms with Gasteiger partial charge in [0.15, 0.2) is 0 Å². The van der Waals surface area contributed by atoms with Crippen molar-refractivity contribution < 1.29 is 4.79 Å². The molecule has 1 N–H and O–H groups in total. The second kappa shape index (κ2) is 3.24. The minimum atomic E-state index is -0.413. The molecule has 0 spiro atoms. The number of carbonyl (C=O) groups is 1. The van der Waals surface area contributed by atoms with Crippen LogP contribution in [0.25, 0.3) is 0 Å². The summed E-state index contributed by atoms with van der Waals surface area (Å²) in [5.41, 5.74) is 6.86. The Labute approximate surface area is 65.7 Å². The summed E-state index contributed by atoms with van der Waals surface area (Å²) >= 11 is 5.81. The highest BCUT2D eigenvalue weighted by Crippen LogP contribution is 2.27. The van der Waals surface area contributed by atoms with Crippen molar-refractivity contribution in [3.05, 3.63) is 0 Å². The molecule has 0 aromatic rings. The van der Waals surface area contributed by atoms with Crippen molar-refractivity contribution in [3.63, 3.8) is 0 Å². The van der Waals surface area contributed by atoms with Gasteiger partial charge in [0.25, 0.3) is 0 Å². The minimum Gasteiger partial charge on any atom is -0.273 e. The molecule has 0 aromatic carbocycles. The number of halogens is 1. The average molecular weight is 161 g/mol. The van der Waals surface area contributed by atoms with Crippen LogP contribution >= 0.6 is 11.6 Å². The fourth-order valence-electron chi connectivity index (χ4n) is 1.31. The maximum Gasteiger partial charge on any atom is 0.241 e. The molecular formula is C7H11ClNO. The average Bonchev–Trinajstić information content (AvgIpc) is 1.88. The highest BCUT2D eigenvalue weighted by Gasteiger charge is 2.23. The molecule has 2 nitrogen and oxygen atoms in total. The Balaban J connectivity index is 2.33. The lowest BCUT2D eigenvalue weighted by Gasteiger charge is -2.21. The summed E-state index contributed by atoms with van der Waals surface area (Å²) in [6, 6.07) is 0. The van der Waals surface area contributed by atoms with Gasteiger partial charge in [0.1, 0.15) is 0 Å². The molecule has 1 aliphatic rings. The normalized spacial score (nSPS) is 33.7. The van der Waals surface area contributed by atoms with Gasteiger partial charge in [0.05, 0.1) is 0 Å². The van der Waals surface area contributed by atoms with E-state index in [4.69, 9.17) is 17.3 Å². The van der Waals surface area contributed by atoms with Gasteiger partial charge in [-0.05, 0) is 25.7 Å². The first kappa shape index (κ1) is 7.86. The summed E-state index contributed by atoms with van der Waals surface area (Å²) < 4.78 is 0. The van der Waals surface area contributed by atoms with E-state index in [1.54, 1.807) is 0 Å². The molecule has 0 aromatic heterocycles. The Hall–Kier alpha value is -0.240. The van der Waals surface area contributed by atoms with Gasteiger partial charge >= 0.3 is 0 Å². The largest absolute Gasteiger partial charge is 0.273 e. The molecule has 1 radical (unpaired) electrons. The van der Waals surface area contributed by atoms with Gasteiger partial charge in [-0.2, -0.15) is 0 Å². The van der Waals surface area contributed by atoms with Gasteiger partial charge in [-0.25, -0.2) is 0 Å². The molecule has 0 saturated heterocycles. The van der Waals surface area contributed by atoms with Crippen molar-refractivity contribution >= 4 is 17.5 Å². The summed E-state index contributed by atoms with van der Waals surface area (Å²) in [7, 11) is 0. The predicted molar refractivity (Wildman–Crippen MR) is 39.7 cm³/mol. The molecule has 1 fully saturated rings. The van der Waals surface area contributed by atoms with E-state index in [0.29, 0.717) is 0 Å². The van der Waals surface area contributed by atoms with E-state index in [1.165, 1.54) is 0 Å². The summed E-state index contributed by atoms with van der Waals surface area (Å²) in [6.45, 7) is 0. The monoisotopic (exact) mass is 160 g/mol. The van der Waals surface area contributed by atoms with Crippen LogP contribution in [0.3, 0.4) is 0 Å². The maximum absolute atomic E-state index is 10.5. The Morgan fingerprint density at radius 3 is 2.20 bits per heavy atom. The molecule has 1 rings (SSSR count). The molecule has 10 heavy (non-hydrogen) atoms. The summed E-state index contributed by atoms with van der Waals surface area (Å²) in [6.07, 6.45) is 3.43. The van der Waals surface area contributed by atoms with Crippen LogP contribution in [0.2, 0.25) is 0 Å². The van der Waals surface area contributed by atoms with Gasteiger partial charge in [0.2, 0.25) is 5.91 Å². The van der Waals surface area contributed by atoms with Crippen LogP contribution in [0.5, 0.6) is 0 Å². The highest BCUT2D eigenvalue weighted by atomic mass is 35.5. The number of alkyl halides is 1. The van der Waals surface area contributed by atoms with E-state index in [9.17, 15) is 4.79 Å². The lowest BCUT2D eigenvalue weighted by molar-refractivity contribution is -0.123. The van der Waals surface area contributed by atoms with Gasteiger partial charge in [-0.1, -0.05) is 0 Å². The third-order valence-electron chi connectivity index (χ3n) is 2.03. The fourth-order valence-corrected chi connectivity index (χ4v) is 1.57. The first-order valence-corrected chi connectivity index (χ1v) is 4.03. The summed E-state index contributed by atoms with van der Waals surface area (Å²) in [5.74, 6) is -0.432. The third kappa shape index (κ3) is 1.87. The molecule has 0 aliphatic heterocycles. The van der Waals surface area contributed by atoms with Gasteiger partial charge < -0.3 is 0 Å². The van der Waals surface area contributed by atoms with Crippen LogP contribution in [0.1, 0.15) is 25.7 Å². The molecule has 3 heteroatoms. The Kier molecular flexibility index (Phi) is 2.55. The second-order valence-electron chi connectivity index (χ2n) is 2.81. The molecule has 57 valence electrons.